The van der Waals surface area contributed by atoms with Crippen molar-refractivity contribution in [3.05, 3.63) is 4.91 Å². The Labute approximate surface area is 123 Å². The number of nitroso groups, excluding NO2 is 1. The highest BCUT2D eigenvalue weighted by Gasteiger charge is 2.55. The Hall–Kier alpha value is -1.08. The summed E-state index contributed by atoms with van der Waals surface area (Å²) in [7, 11) is 0. The lowest BCUT2D eigenvalue weighted by Crippen LogP contribution is -2.74. The lowest BCUT2D eigenvalue weighted by atomic mass is 9.93. The van der Waals surface area contributed by atoms with Gasteiger partial charge in [-0.15, -0.1) is 16.5 Å². The largest absolute Gasteiger partial charge is 0.394 e. The van der Waals surface area contributed by atoms with Gasteiger partial charge in [0.15, 0.2) is 0 Å². The highest BCUT2D eigenvalue weighted by molar-refractivity contribution is 6.18. The predicted molar refractivity (Wildman–Crippen MR) is 66.7 cm³/mol. The third kappa shape index (κ3) is 3.58. The molecule has 1 aliphatic heterocycles. The molecule has 21 heavy (non-hydrogen) atoms. The normalized spacial score (nSPS) is 36.1. The van der Waals surface area contributed by atoms with E-state index in [2.05, 4.69) is 10.0 Å². The molecule has 11 nitrogen and oxygen atoms in total. The van der Waals surface area contributed by atoms with Crippen LogP contribution in [0.2, 0.25) is 0 Å². The summed E-state index contributed by atoms with van der Waals surface area (Å²) >= 11 is 5.34. The minimum atomic E-state index is -2.81. The number of nitrogens with one attached hydrogen (secondary N) is 1. The number of carbonyl (C=O) groups excluding carboxylic acids is 1. The fourth-order valence-electron chi connectivity index (χ4n) is 1.74. The Kier molecular flexibility index (Phi) is 6.22. The average molecular weight is 330 g/mol. The summed E-state index contributed by atoms with van der Waals surface area (Å²) in [5, 5.41) is 52.4. The van der Waals surface area contributed by atoms with Crippen LogP contribution in [0.4, 0.5) is 4.79 Å². The number of aliphatic hydroxyl groups is 5. The summed E-state index contributed by atoms with van der Waals surface area (Å²) in [5.41, 5.74) is -2.81. The number of carbonyl (C=O) groups is 1. The van der Waals surface area contributed by atoms with Crippen LogP contribution in [0.3, 0.4) is 0 Å². The van der Waals surface area contributed by atoms with Crippen LogP contribution in [0.25, 0.3) is 0 Å². The molecule has 1 aliphatic rings. The van der Waals surface area contributed by atoms with Crippen LogP contribution in [0.1, 0.15) is 0 Å². The molecule has 1 fully saturated rings. The van der Waals surface area contributed by atoms with Gasteiger partial charge in [-0.25, -0.2) is 4.79 Å². The number of alkyl halides is 1. The molecule has 1 heterocycles. The third-order valence-electron chi connectivity index (χ3n) is 2.95. The molecule has 12 heteroatoms. The van der Waals surface area contributed by atoms with Crippen molar-refractivity contribution in [2.75, 3.05) is 19.0 Å². The first-order valence-corrected chi connectivity index (χ1v) is 6.37. The first kappa shape index (κ1) is 18.0. The first-order chi connectivity index (χ1) is 9.81. The van der Waals surface area contributed by atoms with E-state index in [0.717, 1.165) is 0 Å². The minimum Gasteiger partial charge on any atom is -0.394 e. The maximum Gasteiger partial charge on any atom is 0.342 e. The van der Waals surface area contributed by atoms with E-state index in [9.17, 15) is 30.1 Å². The van der Waals surface area contributed by atoms with Crippen LogP contribution in [0.5, 0.6) is 0 Å². The van der Waals surface area contributed by atoms with Crippen LogP contribution < -0.4 is 5.32 Å². The lowest BCUT2D eigenvalue weighted by Gasteiger charge is -2.45. The smallest absolute Gasteiger partial charge is 0.342 e. The van der Waals surface area contributed by atoms with Crippen LogP contribution in [0, 0.1) is 4.91 Å². The van der Waals surface area contributed by atoms with Crippen molar-refractivity contribution in [1.82, 2.24) is 10.3 Å². The topological polar surface area (TPSA) is 172 Å². The van der Waals surface area contributed by atoms with Crippen LogP contribution in [-0.4, -0.2) is 85.9 Å². The van der Waals surface area contributed by atoms with Gasteiger partial charge in [0.25, 0.3) is 0 Å². The van der Waals surface area contributed by atoms with Gasteiger partial charge < -0.3 is 35.6 Å². The highest BCUT2D eigenvalue weighted by Crippen LogP contribution is 2.27. The summed E-state index contributed by atoms with van der Waals surface area (Å²) in [6.07, 6.45) is -7.42. The van der Waals surface area contributed by atoms with Gasteiger partial charge in [-0.3, -0.25) is 0 Å². The van der Waals surface area contributed by atoms with Gasteiger partial charge in [-0.1, -0.05) is 0 Å². The summed E-state index contributed by atoms with van der Waals surface area (Å²) in [5.74, 6) is -0.131. The fraction of sp³-hybridized carbons (Fsp3) is 0.889. The SMILES string of the molecule is O=NN(CCCl)C(=O)N[C@]1(O)C(O)O[C@H](CO)[C@@H](O)[C@@H]1O. The Bertz CT molecular complexity index is 388. The second-order valence-electron chi connectivity index (χ2n) is 4.29. The fourth-order valence-corrected chi connectivity index (χ4v) is 1.90. The zero-order chi connectivity index (χ0) is 16.2. The Morgan fingerprint density at radius 1 is 1.43 bits per heavy atom. The molecule has 0 bridgehead atoms. The summed E-state index contributed by atoms with van der Waals surface area (Å²) < 4.78 is 4.69. The van der Waals surface area contributed by atoms with Crippen molar-refractivity contribution in [2.24, 2.45) is 5.29 Å². The molecule has 0 spiro atoms. The van der Waals surface area contributed by atoms with Crippen LogP contribution >= 0.6 is 11.6 Å². The van der Waals surface area contributed by atoms with Gasteiger partial charge in [0.1, 0.15) is 18.3 Å². The van der Waals surface area contributed by atoms with Crippen molar-refractivity contribution in [1.29, 1.82) is 0 Å². The first-order valence-electron chi connectivity index (χ1n) is 5.83. The minimum absolute atomic E-state index is 0.131. The van der Waals surface area contributed by atoms with Crippen molar-refractivity contribution >= 4 is 17.6 Å². The number of amides is 2. The number of nitrogens with zero attached hydrogens (tertiary/aromatic N) is 2. The van der Waals surface area contributed by atoms with E-state index in [0.29, 0.717) is 5.01 Å². The molecule has 122 valence electrons. The van der Waals surface area contributed by atoms with Crippen molar-refractivity contribution in [3.63, 3.8) is 0 Å². The molecule has 2 amide bonds. The molecule has 0 aromatic carbocycles. The standard InChI is InChI=1S/C9H16ClN3O8/c10-1-2-13(12-20)8(18)11-9(19)6(16)5(15)4(3-14)21-7(9)17/h4-7,14-17,19H,1-3H2,(H,11,18)/t4-,5-,6+,7?,9-/m1/s1. The average Bonchev–Trinajstić information content (AvgIpc) is 2.46. The van der Waals surface area contributed by atoms with Gasteiger partial charge in [0.2, 0.25) is 12.0 Å². The van der Waals surface area contributed by atoms with E-state index in [1.807, 2.05) is 0 Å². The third-order valence-corrected chi connectivity index (χ3v) is 3.12. The van der Waals surface area contributed by atoms with E-state index < -0.39 is 43.0 Å². The molecule has 0 aliphatic carbocycles. The van der Waals surface area contributed by atoms with Gasteiger partial charge in [-0.2, -0.15) is 5.01 Å². The van der Waals surface area contributed by atoms with Gasteiger partial charge >= 0.3 is 6.03 Å². The molecule has 1 rings (SSSR count). The number of hydrogen-bond donors (Lipinski definition) is 6. The Morgan fingerprint density at radius 3 is 2.52 bits per heavy atom. The van der Waals surface area contributed by atoms with E-state index in [1.54, 1.807) is 5.32 Å². The summed E-state index contributed by atoms with van der Waals surface area (Å²) in [4.78, 5) is 22.1. The van der Waals surface area contributed by atoms with Crippen molar-refractivity contribution < 1.29 is 35.1 Å². The molecule has 5 atom stereocenters. The molecule has 1 unspecified atom stereocenters. The zero-order valence-corrected chi connectivity index (χ0v) is 11.4. The molecule has 0 saturated carbocycles. The van der Waals surface area contributed by atoms with E-state index in [1.165, 1.54) is 0 Å². The molecule has 0 radical (unpaired) electrons. The Balaban J connectivity index is 2.88. The molecule has 0 aromatic heterocycles. The molecule has 0 aromatic rings. The maximum absolute atomic E-state index is 11.7. The predicted octanol–water partition coefficient (Wildman–Crippen LogP) is -2.96. The zero-order valence-electron chi connectivity index (χ0n) is 10.7. The van der Waals surface area contributed by atoms with E-state index in [4.69, 9.17) is 16.7 Å². The van der Waals surface area contributed by atoms with E-state index >= 15 is 0 Å². The summed E-state index contributed by atoms with van der Waals surface area (Å²) in [6, 6.07) is -1.27. The van der Waals surface area contributed by atoms with Crippen molar-refractivity contribution in [3.8, 4) is 0 Å². The van der Waals surface area contributed by atoms with Crippen LogP contribution in [-0.2, 0) is 4.74 Å². The van der Waals surface area contributed by atoms with Gasteiger partial charge in [0.05, 0.1) is 18.4 Å². The maximum atomic E-state index is 11.7. The molecule has 6 N–H and O–H groups in total. The lowest BCUT2D eigenvalue weighted by molar-refractivity contribution is -0.335. The number of rotatable bonds is 5. The monoisotopic (exact) mass is 329 g/mol. The second kappa shape index (κ2) is 7.26. The number of halogens is 1. The van der Waals surface area contributed by atoms with Gasteiger partial charge in [-0.05, 0) is 0 Å². The van der Waals surface area contributed by atoms with Crippen molar-refractivity contribution in [2.45, 2.75) is 30.3 Å². The highest BCUT2D eigenvalue weighted by atomic mass is 35.5. The number of hydrogen-bond acceptors (Lipinski definition) is 9. The summed E-state index contributed by atoms with van der Waals surface area (Å²) in [6.45, 7) is -1.03. The molecule has 1 saturated heterocycles. The second-order valence-corrected chi connectivity index (χ2v) is 4.67. The van der Waals surface area contributed by atoms with E-state index in [-0.39, 0.29) is 12.4 Å². The van der Waals surface area contributed by atoms with Crippen LogP contribution in [0.15, 0.2) is 5.29 Å². The number of ether oxygens (including phenoxy) is 1. The molecular formula is C9H16ClN3O8. The molecular weight excluding hydrogens is 314 g/mol. The number of urea groups is 1. The van der Waals surface area contributed by atoms with Gasteiger partial charge in [0, 0.05) is 5.88 Å². The Morgan fingerprint density at radius 2 is 2.05 bits per heavy atom. The number of aliphatic hydroxyl groups excluding tert-OH is 4. The quantitative estimate of drug-likeness (QED) is 0.134.